The third-order valence-electron chi connectivity index (χ3n) is 2.93. The number of benzene rings is 2. The Labute approximate surface area is 149 Å². The van der Waals surface area contributed by atoms with E-state index in [1.807, 2.05) is 48.5 Å². The van der Waals surface area contributed by atoms with Crippen LogP contribution >= 0.6 is 11.8 Å². The lowest BCUT2D eigenvalue weighted by molar-refractivity contribution is -0.109. The first-order valence-electron chi connectivity index (χ1n) is 7.76. The van der Waals surface area contributed by atoms with Crippen LogP contribution in [0.1, 0.15) is 23.6 Å². The van der Waals surface area contributed by atoms with Crippen molar-refractivity contribution in [2.24, 2.45) is 0 Å². The summed E-state index contributed by atoms with van der Waals surface area (Å²) in [6.45, 7) is 8.27. The highest BCUT2D eigenvalue weighted by molar-refractivity contribution is 8.13. The van der Waals surface area contributed by atoms with Crippen molar-refractivity contribution in [1.82, 2.24) is 0 Å². The third-order valence-corrected chi connectivity index (χ3v) is 4.60. The third kappa shape index (κ3) is 6.50. The molecular weight excluding hydrogens is 328 g/mol. The fourth-order valence-corrected chi connectivity index (χ4v) is 2.94. The Morgan fingerprint density at radius 3 is 1.62 bits per heavy atom. The van der Waals surface area contributed by atoms with Crippen LogP contribution in [0.25, 0.3) is 0 Å². The Balaban J connectivity index is 2.08. The van der Waals surface area contributed by atoms with Crippen LogP contribution in [-0.4, -0.2) is 13.2 Å². The van der Waals surface area contributed by atoms with Gasteiger partial charge in [0, 0.05) is 28.5 Å². The zero-order valence-corrected chi connectivity index (χ0v) is 16.3. The molecule has 0 radical (unpaired) electrons. The number of hydrogen-bond acceptors (Lipinski definition) is 2. The van der Waals surface area contributed by atoms with Crippen molar-refractivity contribution in [3.05, 3.63) is 65.2 Å². The first-order chi connectivity index (χ1) is 11.3. The average molecular weight is 349 g/mol. The van der Waals surface area contributed by atoms with Gasteiger partial charge in [0.15, 0.2) is 5.12 Å². The van der Waals surface area contributed by atoms with Crippen molar-refractivity contribution in [2.45, 2.75) is 31.5 Å². The molecule has 0 atom stereocenters. The molecule has 2 aromatic carbocycles. The van der Waals surface area contributed by atoms with Gasteiger partial charge in [-0.3, -0.25) is 4.79 Å². The second kappa shape index (κ2) is 8.06. The maximum Gasteiger partial charge on any atom is 0.190 e. The summed E-state index contributed by atoms with van der Waals surface area (Å²) in [5, 5.41) is 0.0890. The second-order valence-corrected chi connectivity index (χ2v) is 12.4. The first-order valence-corrected chi connectivity index (χ1v) is 12.1. The second-order valence-electron chi connectivity index (χ2n) is 6.45. The summed E-state index contributed by atoms with van der Waals surface area (Å²) in [6.07, 6.45) is 0. The Kier molecular flexibility index (Phi) is 6.09. The summed E-state index contributed by atoms with van der Waals surface area (Å²) >= 11 is 1.23. The predicted molar refractivity (Wildman–Crippen MR) is 106 cm³/mol. The largest absolute Gasteiger partial charge is 0.287 e. The Morgan fingerprint density at radius 1 is 0.792 bits per heavy atom. The fourth-order valence-electron chi connectivity index (χ4n) is 1.81. The fraction of sp³-hybridized carbons (Fsp3) is 0.190. The van der Waals surface area contributed by atoms with E-state index in [1.165, 1.54) is 11.8 Å². The smallest absolute Gasteiger partial charge is 0.190 e. The van der Waals surface area contributed by atoms with Crippen LogP contribution in [-0.2, 0) is 4.79 Å². The molecular formula is C21H20OSSi. The van der Waals surface area contributed by atoms with Crippen molar-refractivity contribution < 1.29 is 4.79 Å². The minimum Gasteiger partial charge on any atom is -0.287 e. The monoisotopic (exact) mass is 348 g/mol. The molecule has 2 rings (SSSR count). The van der Waals surface area contributed by atoms with Gasteiger partial charge in [0.2, 0.25) is 0 Å². The predicted octanol–water partition coefficient (Wildman–Crippen LogP) is 4.95. The molecule has 24 heavy (non-hydrogen) atoms. The Morgan fingerprint density at radius 2 is 1.21 bits per heavy atom. The molecule has 0 heterocycles. The van der Waals surface area contributed by atoms with Gasteiger partial charge in [-0.2, -0.15) is 0 Å². The van der Waals surface area contributed by atoms with Crippen molar-refractivity contribution in [1.29, 1.82) is 0 Å². The molecule has 0 aliphatic rings. The normalized spacial score (nSPS) is 10.2. The van der Waals surface area contributed by atoms with E-state index < -0.39 is 8.07 Å². The summed E-state index contributed by atoms with van der Waals surface area (Å²) in [7, 11) is -1.34. The number of thioether (sulfide) groups is 1. The van der Waals surface area contributed by atoms with Gasteiger partial charge in [-0.1, -0.05) is 49.2 Å². The van der Waals surface area contributed by atoms with Crippen molar-refractivity contribution in [3.63, 3.8) is 0 Å². The summed E-state index contributed by atoms with van der Waals surface area (Å²) in [4.78, 5) is 12.0. The van der Waals surface area contributed by atoms with Gasteiger partial charge in [0.25, 0.3) is 0 Å². The molecule has 1 nitrogen and oxygen atoms in total. The summed E-state index contributed by atoms with van der Waals surface area (Å²) < 4.78 is 0. The van der Waals surface area contributed by atoms with E-state index in [9.17, 15) is 4.79 Å². The molecule has 0 amide bonds. The Bertz CT molecular complexity index is 836. The maximum absolute atomic E-state index is 11.1. The van der Waals surface area contributed by atoms with E-state index in [2.05, 4.69) is 42.9 Å². The number of rotatable bonds is 1. The lowest BCUT2D eigenvalue weighted by Crippen LogP contribution is -2.16. The van der Waals surface area contributed by atoms with E-state index in [1.54, 1.807) is 6.92 Å². The van der Waals surface area contributed by atoms with E-state index >= 15 is 0 Å². The van der Waals surface area contributed by atoms with Crippen LogP contribution in [0.5, 0.6) is 0 Å². The molecule has 2 aromatic rings. The van der Waals surface area contributed by atoms with E-state index in [0.717, 1.165) is 21.6 Å². The summed E-state index contributed by atoms with van der Waals surface area (Å²) in [5.41, 5.74) is 6.30. The van der Waals surface area contributed by atoms with Crippen LogP contribution < -0.4 is 0 Å². The molecule has 0 aliphatic carbocycles. The highest BCUT2D eigenvalue weighted by Crippen LogP contribution is 2.18. The number of carbonyl (C=O) groups excluding carboxylic acids is 1. The van der Waals surface area contributed by atoms with Crippen molar-refractivity contribution >= 4 is 25.0 Å². The lowest BCUT2D eigenvalue weighted by atomic mass is 10.1. The van der Waals surface area contributed by atoms with Crippen LogP contribution in [0.15, 0.2) is 53.4 Å². The standard InChI is InChI=1S/C21H20OSSi/c1-17(22)23-21-13-11-19(12-14-21)6-5-18-7-9-20(10-8-18)15-16-24(2,3)4/h7-14H,1-4H3. The SMILES string of the molecule is CC(=O)Sc1ccc(C#Cc2ccc(C#C[Si](C)(C)C)cc2)cc1. The van der Waals surface area contributed by atoms with E-state index in [4.69, 9.17) is 0 Å². The minimum absolute atomic E-state index is 0.0890. The van der Waals surface area contributed by atoms with Crippen molar-refractivity contribution in [3.8, 4) is 23.3 Å². The van der Waals surface area contributed by atoms with E-state index in [-0.39, 0.29) is 5.12 Å². The zero-order chi connectivity index (χ0) is 17.6. The number of carbonyl (C=O) groups is 1. The maximum atomic E-state index is 11.1. The van der Waals surface area contributed by atoms with Crippen LogP contribution in [0.2, 0.25) is 19.6 Å². The van der Waals surface area contributed by atoms with Crippen molar-refractivity contribution in [2.75, 3.05) is 0 Å². The summed E-state index contributed by atoms with van der Waals surface area (Å²) in [6, 6.07) is 15.8. The van der Waals surface area contributed by atoms with Gasteiger partial charge in [0.1, 0.15) is 8.07 Å². The molecule has 0 bridgehead atoms. The minimum atomic E-state index is -1.34. The van der Waals surface area contributed by atoms with Crippen LogP contribution in [0.4, 0.5) is 0 Å². The molecule has 120 valence electrons. The molecule has 0 aromatic heterocycles. The molecule has 3 heteroatoms. The van der Waals surface area contributed by atoms with Crippen LogP contribution in [0, 0.1) is 23.3 Å². The van der Waals surface area contributed by atoms with Gasteiger partial charge in [-0.25, -0.2) is 0 Å². The number of hydrogen-bond donors (Lipinski definition) is 0. The molecule has 0 spiro atoms. The summed E-state index contributed by atoms with van der Waals surface area (Å²) in [5.74, 6) is 9.54. The van der Waals surface area contributed by atoms with Crippen LogP contribution in [0.3, 0.4) is 0 Å². The highest BCUT2D eigenvalue weighted by Gasteiger charge is 2.07. The lowest BCUT2D eigenvalue weighted by Gasteiger charge is -2.03. The quantitative estimate of drug-likeness (QED) is 0.412. The average Bonchev–Trinajstić information content (AvgIpc) is 2.52. The Hall–Kier alpha value is -2.20. The first kappa shape index (κ1) is 18.1. The van der Waals surface area contributed by atoms with Gasteiger partial charge in [-0.05, 0) is 48.5 Å². The highest BCUT2D eigenvalue weighted by atomic mass is 32.2. The van der Waals surface area contributed by atoms with Gasteiger partial charge >= 0.3 is 0 Å². The van der Waals surface area contributed by atoms with Gasteiger partial charge < -0.3 is 0 Å². The molecule has 0 N–H and O–H groups in total. The molecule has 0 saturated carbocycles. The topological polar surface area (TPSA) is 17.1 Å². The molecule has 0 aliphatic heterocycles. The molecule has 0 unspecified atom stereocenters. The van der Waals surface area contributed by atoms with Gasteiger partial charge in [0.05, 0.1) is 0 Å². The zero-order valence-electron chi connectivity index (χ0n) is 14.4. The van der Waals surface area contributed by atoms with Gasteiger partial charge in [-0.15, -0.1) is 5.54 Å². The molecule has 0 fully saturated rings. The van der Waals surface area contributed by atoms with E-state index in [0.29, 0.717) is 0 Å². The molecule has 0 saturated heterocycles.